The number of methoxy groups -OCH3 is 1. The number of carbonyl (C=O) groups is 1. The molecule has 1 aromatic heterocycles. The van der Waals surface area contributed by atoms with Crippen LogP contribution >= 0.6 is 10.8 Å². The lowest BCUT2D eigenvalue weighted by Crippen LogP contribution is -2.33. The van der Waals surface area contributed by atoms with Crippen LogP contribution in [0.4, 0.5) is 0 Å². The van der Waals surface area contributed by atoms with Crippen molar-refractivity contribution in [1.29, 1.82) is 0 Å². The first-order valence-electron chi connectivity index (χ1n) is 11.7. The third-order valence-corrected chi connectivity index (χ3v) is 8.43. The topological polar surface area (TPSA) is 112 Å². The van der Waals surface area contributed by atoms with Gasteiger partial charge in [-0.25, -0.2) is 0 Å². The van der Waals surface area contributed by atoms with Crippen molar-refractivity contribution >= 4 is 16.7 Å². The number of aromatic nitrogens is 1. The summed E-state index contributed by atoms with van der Waals surface area (Å²) < 4.78 is 35.5. The molecule has 0 radical (unpaired) electrons. The van der Waals surface area contributed by atoms with Crippen molar-refractivity contribution in [3.05, 3.63) is 82.7 Å². The summed E-state index contributed by atoms with van der Waals surface area (Å²) in [6, 6.07) is 14.7. The van der Waals surface area contributed by atoms with E-state index in [4.69, 9.17) is 9.47 Å². The van der Waals surface area contributed by atoms with E-state index < -0.39 is 22.7 Å². The van der Waals surface area contributed by atoms with Crippen LogP contribution in [0.25, 0.3) is 0 Å². The highest BCUT2D eigenvalue weighted by molar-refractivity contribution is 8.22. The molecule has 0 saturated heterocycles. The summed E-state index contributed by atoms with van der Waals surface area (Å²) in [5.41, 5.74) is 4.17. The fourth-order valence-corrected chi connectivity index (χ4v) is 6.22. The van der Waals surface area contributed by atoms with Crippen molar-refractivity contribution in [2.24, 2.45) is 0 Å². The van der Waals surface area contributed by atoms with E-state index in [9.17, 15) is 19.0 Å². The van der Waals surface area contributed by atoms with Gasteiger partial charge in [-0.2, -0.15) is 4.31 Å². The van der Waals surface area contributed by atoms with Crippen molar-refractivity contribution in [2.45, 2.75) is 50.7 Å². The van der Waals surface area contributed by atoms with Gasteiger partial charge in [0.2, 0.25) is 0 Å². The third-order valence-electron chi connectivity index (χ3n) is 6.51. The number of nitrogens with zero attached hydrogens (tertiary/aromatic N) is 2. The van der Waals surface area contributed by atoms with Gasteiger partial charge in [-0.1, -0.05) is 30.3 Å². The molecule has 0 amide bonds. The number of pyridine rings is 1. The number of aliphatic carboxylic acids is 1. The van der Waals surface area contributed by atoms with E-state index >= 15 is 0 Å². The second-order valence-electron chi connectivity index (χ2n) is 9.10. The van der Waals surface area contributed by atoms with Gasteiger partial charge in [-0.05, 0) is 61.2 Å². The number of aryl methyl sites for hydroxylation is 2. The number of benzene rings is 2. The van der Waals surface area contributed by atoms with Crippen LogP contribution in [0.2, 0.25) is 0 Å². The summed E-state index contributed by atoms with van der Waals surface area (Å²) in [6.45, 7) is 6.29. The Hall–Kier alpha value is -3.11. The summed E-state index contributed by atoms with van der Waals surface area (Å²) in [5.74, 6) is -0.337. The highest BCUT2D eigenvalue weighted by Crippen LogP contribution is 2.57. The Bertz CT molecular complexity index is 1260. The molecule has 8 nitrogen and oxygen atoms in total. The van der Waals surface area contributed by atoms with Crippen molar-refractivity contribution in [2.75, 3.05) is 13.7 Å². The molecule has 1 aliphatic rings. The number of carboxylic acid groups (broad SMARTS) is 1. The maximum absolute atomic E-state index is 11.8. The minimum absolute atomic E-state index is 0.116. The van der Waals surface area contributed by atoms with E-state index in [0.29, 0.717) is 22.9 Å². The molecule has 2 atom stereocenters. The first-order chi connectivity index (χ1) is 17.1. The summed E-state index contributed by atoms with van der Waals surface area (Å²) in [6.07, 6.45) is 1.24. The number of ether oxygens (including phenoxy) is 2. The van der Waals surface area contributed by atoms with Crippen LogP contribution in [0.15, 0.2) is 59.6 Å². The molecule has 0 bridgehead atoms. The molecule has 2 aromatic carbocycles. The molecule has 1 aliphatic heterocycles. The molecular formula is C27H32N2O6S. The smallest absolute Gasteiger partial charge is 0.304 e. The minimum atomic E-state index is -3.30. The molecule has 192 valence electrons. The molecule has 36 heavy (non-hydrogen) atoms. The fraction of sp³-hybridized carbons (Fsp3) is 0.333. The molecule has 0 saturated carbocycles. The van der Waals surface area contributed by atoms with Gasteiger partial charge in [0.15, 0.2) is 0 Å². The summed E-state index contributed by atoms with van der Waals surface area (Å²) >= 11 is 0. The highest BCUT2D eigenvalue weighted by atomic mass is 32.3. The van der Waals surface area contributed by atoms with Gasteiger partial charge in [0, 0.05) is 18.2 Å². The lowest BCUT2D eigenvalue weighted by Gasteiger charge is -2.42. The van der Waals surface area contributed by atoms with Crippen molar-refractivity contribution in [3.63, 3.8) is 0 Å². The van der Waals surface area contributed by atoms with Crippen LogP contribution in [0.5, 0.6) is 11.5 Å². The monoisotopic (exact) mass is 512 g/mol. The standard InChI is InChI=1S/C27H32N2O6S/c1-17-9-10-20(24(13-27(30)31)23-12-22(34-4)14-28-19(23)3)11-21(17)16-29-15-18(2)35-25-7-5-6-8-26(25)36(29,32)33/h5-12,14,18,24,32-33H,13,15-16H2,1-4H3,(H,30,31)/t18-,24?/m1/s1. The van der Waals surface area contributed by atoms with Gasteiger partial charge in [-0.3, -0.25) is 18.9 Å². The molecular weight excluding hydrogens is 480 g/mol. The average Bonchev–Trinajstić information content (AvgIpc) is 2.93. The zero-order valence-electron chi connectivity index (χ0n) is 20.8. The largest absolute Gasteiger partial charge is 0.495 e. The minimum Gasteiger partial charge on any atom is -0.495 e. The Morgan fingerprint density at radius 1 is 1.22 bits per heavy atom. The predicted octanol–water partition coefficient (Wildman–Crippen LogP) is 5.62. The van der Waals surface area contributed by atoms with Gasteiger partial charge in [0.05, 0.1) is 26.3 Å². The third kappa shape index (κ3) is 5.34. The summed E-state index contributed by atoms with van der Waals surface area (Å²) in [4.78, 5) is 16.6. The molecule has 0 aliphatic carbocycles. The number of hydrogen-bond donors (Lipinski definition) is 3. The quantitative estimate of drug-likeness (QED) is 0.374. The van der Waals surface area contributed by atoms with Crippen molar-refractivity contribution < 1.29 is 28.5 Å². The Morgan fingerprint density at radius 3 is 2.69 bits per heavy atom. The molecule has 9 heteroatoms. The lowest BCUT2D eigenvalue weighted by atomic mass is 9.86. The van der Waals surface area contributed by atoms with Crippen molar-refractivity contribution in [1.82, 2.24) is 9.29 Å². The molecule has 1 unspecified atom stereocenters. The van der Waals surface area contributed by atoms with Crippen LogP contribution in [0.3, 0.4) is 0 Å². The number of carboxylic acids is 1. The number of hydrogen-bond acceptors (Lipinski definition) is 7. The molecule has 2 heterocycles. The van der Waals surface area contributed by atoms with Gasteiger partial charge >= 0.3 is 5.97 Å². The van der Waals surface area contributed by atoms with E-state index in [1.165, 1.54) is 0 Å². The Morgan fingerprint density at radius 2 is 1.97 bits per heavy atom. The molecule has 3 aromatic rings. The van der Waals surface area contributed by atoms with Crippen LogP contribution < -0.4 is 9.47 Å². The number of rotatable bonds is 7. The first-order valence-corrected chi connectivity index (χ1v) is 13.2. The van der Waals surface area contributed by atoms with E-state index in [2.05, 4.69) is 4.98 Å². The molecule has 0 fully saturated rings. The number of fused-ring (bicyclic) bond motifs is 1. The van der Waals surface area contributed by atoms with Gasteiger partial charge in [0.25, 0.3) is 0 Å². The Balaban J connectivity index is 1.74. The Labute approximate surface area is 213 Å². The second-order valence-corrected chi connectivity index (χ2v) is 11.1. The molecule has 0 spiro atoms. The first kappa shape index (κ1) is 26.0. The van der Waals surface area contributed by atoms with Gasteiger partial charge in [-0.15, -0.1) is 10.8 Å². The lowest BCUT2D eigenvalue weighted by molar-refractivity contribution is -0.137. The van der Waals surface area contributed by atoms with Crippen LogP contribution in [-0.4, -0.2) is 49.2 Å². The maximum Gasteiger partial charge on any atom is 0.304 e. The fourth-order valence-electron chi connectivity index (χ4n) is 4.56. The SMILES string of the molecule is COc1cnc(C)c(C(CC(=O)O)c2ccc(C)c(CN3C[C@@H](C)Oc4ccccc4S3(O)O)c2)c1. The Kier molecular flexibility index (Phi) is 7.56. The maximum atomic E-state index is 11.8. The average molecular weight is 513 g/mol. The van der Waals surface area contributed by atoms with Crippen LogP contribution in [0.1, 0.15) is 47.2 Å². The van der Waals surface area contributed by atoms with Crippen LogP contribution in [-0.2, 0) is 11.3 Å². The zero-order valence-corrected chi connectivity index (χ0v) is 21.7. The second kappa shape index (κ2) is 10.5. The molecule has 3 N–H and O–H groups in total. The van der Waals surface area contributed by atoms with Crippen molar-refractivity contribution in [3.8, 4) is 11.5 Å². The van der Waals surface area contributed by atoms with E-state index in [0.717, 1.165) is 27.9 Å². The van der Waals surface area contributed by atoms with E-state index in [1.807, 2.05) is 51.1 Å². The van der Waals surface area contributed by atoms with E-state index in [1.54, 1.807) is 35.8 Å². The van der Waals surface area contributed by atoms with Gasteiger partial charge in [0.1, 0.15) is 22.5 Å². The zero-order chi connectivity index (χ0) is 26.0. The van der Waals surface area contributed by atoms with Crippen LogP contribution in [0, 0.1) is 13.8 Å². The number of para-hydroxylation sites is 1. The highest BCUT2D eigenvalue weighted by Gasteiger charge is 2.34. The normalized spacial score (nSPS) is 18.9. The molecule has 4 rings (SSSR count). The summed E-state index contributed by atoms with van der Waals surface area (Å²) in [7, 11) is -1.75. The van der Waals surface area contributed by atoms with E-state index in [-0.39, 0.29) is 19.1 Å². The summed E-state index contributed by atoms with van der Waals surface area (Å²) in [5, 5.41) is 9.69. The van der Waals surface area contributed by atoms with Gasteiger partial charge < -0.3 is 14.6 Å². The predicted molar refractivity (Wildman–Crippen MR) is 139 cm³/mol.